The standard InChI is InChI=1S/C16H14Cl2O/c1-11-3-2-4-13(9-11)15(16(18)19)10-12-5-7-14(17)8-6-12/h2-9,15H,10H2,1H3. The van der Waals surface area contributed by atoms with Gasteiger partial charge in [0.1, 0.15) is 0 Å². The van der Waals surface area contributed by atoms with Crippen molar-refractivity contribution >= 4 is 28.4 Å². The summed E-state index contributed by atoms with van der Waals surface area (Å²) in [7, 11) is 0. The Morgan fingerprint density at radius 3 is 2.42 bits per heavy atom. The van der Waals surface area contributed by atoms with Crippen LogP contribution in [-0.2, 0) is 11.2 Å². The lowest BCUT2D eigenvalue weighted by Crippen LogP contribution is -2.10. The summed E-state index contributed by atoms with van der Waals surface area (Å²) in [6.07, 6.45) is 0.586. The average molecular weight is 293 g/mol. The molecule has 0 aromatic heterocycles. The van der Waals surface area contributed by atoms with E-state index in [0.29, 0.717) is 11.4 Å². The molecule has 0 spiro atoms. The Morgan fingerprint density at radius 2 is 1.84 bits per heavy atom. The zero-order valence-corrected chi connectivity index (χ0v) is 12.1. The van der Waals surface area contributed by atoms with Crippen LogP contribution in [-0.4, -0.2) is 5.24 Å². The van der Waals surface area contributed by atoms with Gasteiger partial charge in [-0.15, -0.1) is 0 Å². The van der Waals surface area contributed by atoms with E-state index in [9.17, 15) is 4.79 Å². The zero-order chi connectivity index (χ0) is 13.8. The van der Waals surface area contributed by atoms with Gasteiger partial charge in [-0.25, -0.2) is 0 Å². The third-order valence-corrected chi connectivity index (χ3v) is 3.59. The third kappa shape index (κ3) is 3.82. The Balaban J connectivity index is 2.26. The van der Waals surface area contributed by atoms with Gasteiger partial charge in [0.2, 0.25) is 5.24 Å². The van der Waals surface area contributed by atoms with E-state index in [-0.39, 0.29) is 11.2 Å². The maximum absolute atomic E-state index is 11.7. The van der Waals surface area contributed by atoms with Gasteiger partial charge < -0.3 is 0 Å². The fraction of sp³-hybridized carbons (Fsp3) is 0.188. The fourth-order valence-corrected chi connectivity index (χ4v) is 2.40. The van der Waals surface area contributed by atoms with Crippen molar-refractivity contribution in [2.75, 3.05) is 0 Å². The number of aryl methyl sites for hydroxylation is 1. The number of hydrogen-bond donors (Lipinski definition) is 0. The number of carbonyl (C=O) groups excluding carboxylic acids is 1. The summed E-state index contributed by atoms with van der Waals surface area (Å²) in [4.78, 5) is 11.7. The number of rotatable bonds is 4. The summed E-state index contributed by atoms with van der Waals surface area (Å²) in [5, 5.41) is 0.355. The van der Waals surface area contributed by atoms with Gasteiger partial charge in [0.25, 0.3) is 0 Å². The molecule has 0 aliphatic rings. The summed E-state index contributed by atoms with van der Waals surface area (Å²) < 4.78 is 0. The van der Waals surface area contributed by atoms with Crippen molar-refractivity contribution in [2.45, 2.75) is 19.3 Å². The summed E-state index contributed by atoms with van der Waals surface area (Å²) >= 11 is 11.6. The van der Waals surface area contributed by atoms with Gasteiger partial charge in [-0.3, -0.25) is 4.79 Å². The quantitative estimate of drug-likeness (QED) is 0.744. The minimum absolute atomic E-state index is 0.317. The summed E-state index contributed by atoms with van der Waals surface area (Å²) in [5.74, 6) is -0.317. The number of halogens is 2. The molecular weight excluding hydrogens is 279 g/mol. The molecule has 98 valence electrons. The van der Waals surface area contributed by atoms with Gasteiger partial charge in [0, 0.05) is 5.02 Å². The molecule has 1 unspecified atom stereocenters. The van der Waals surface area contributed by atoms with Gasteiger partial charge in [-0.2, -0.15) is 0 Å². The molecule has 0 amide bonds. The normalized spacial score (nSPS) is 12.2. The van der Waals surface area contributed by atoms with Crippen LogP contribution in [0.4, 0.5) is 0 Å². The maximum atomic E-state index is 11.7. The maximum Gasteiger partial charge on any atom is 0.229 e. The van der Waals surface area contributed by atoms with Gasteiger partial charge >= 0.3 is 0 Å². The van der Waals surface area contributed by atoms with E-state index >= 15 is 0 Å². The minimum Gasteiger partial charge on any atom is -0.281 e. The molecule has 19 heavy (non-hydrogen) atoms. The van der Waals surface area contributed by atoms with E-state index in [1.54, 1.807) is 0 Å². The van der Waals surface area contributed by atoms with Crippen molar-refractivity contribution < 1.29 is 4.79 Å². The Morgan fingerprint density at radius 1 is 1.16 bits per heavy atom. The zero-order valence-electron chi connectivity index (χ0n) is 10.6. The first-order valence-corrected chi connectivity index (χ1v) is 6.82. The predicted molar refractivity (Wildman–Crippen MR) is 79.9 cm³/mol. The monoisotopic (exact) mass is 292 g/mol. The van der Waals surface area contributed by atoms with Crippen LogP contribution in [0, 0.1) is 6.92 Å². The van der Waals surface area contributed by atoms with Crippen LogP contribution in [0.2, 0.25) is 5.02 Å². The number of benzene rings is 2. The van der Waals surface area contributed by atoms with E-state index in [1.807, 2.05) is 55.5 Å². The lowest BCUT2D eigenvalue weighted by Gasteiger charge is -2.14. The number of carbonyl (C=O) groups is 1. The van der Waals surface area contributed by atoms with Crippen LogP contribution in [0.25, 0.3) is 0 Å². The molecule has 0 aliphatic heterocycles. The summed E-state index contributed by atoms with van der Waals surface area (Å²) in [6.45, 7) is 2.00. The number of hydrogen-bond acceptors (Lipinski definition) is 1. The minimum atomic E-state index is -0.333. The van der Waals surface area contributed by atoms with Crippen molar-refractivity contribution in [1.29, 1.82) is 0 Å². The highest BCUT2D eigenvalue weighted by atomic mass is 35.5. The van der Waals surface area contributed by atoms with Crippen molar-refractivity contribution in [3.63, 3.8) is 0 Å². The first-order valence-electron chi connectivity index (χ1n) is 6.06. The molecule has 0 heterocycles. The highest BCUT2D eigenvalue weighted by molar-refractivity contribution is 6.64. The van der Waals surface area contributed by atoms with E-state index in [0.717, 1.165) is 16.7 Å². The highest BCUT2D eigenvalue weighted by Gasteiger charge is 2.19. The van der Waals surface area contributed by atoms with Crippen molar-refractivity contribution in [2.24, 2.45) is 0 Å². The molecule has 1 nitrogen and oxygen atoms in total. The van der Waals surface area contributed by atoms with Crippen molar-refractivity contribution in [3.8, 4) is 0 Å². The smallest absolute Gasteiger partial charge is 0.229 e. The van der Waals surface area contributed by atoms with Crippen LogP contribution in [0.3, 0.4) is 0 Å². The van der Waals surface area contributed by atoms with Crippen molar-refractivity contribution in [1.82, 2.24) is 0 Å². The molecule has 2 rings (SSSR count). The molecule has 0 aliphatic carbocycles. The Kier molecular flexibility index (Phi) is 4.62. The fourth-order valence-electron chi connectivity index (χ4n) is 2.07. The summed E-state index contributed by atoms with van der Waals surface area (Å²) in [5.41, 5.74) is 3.12. The van der Waals surface area contributed by atoms with E-state index in [2.05, 4.69) is 0 Å². The SMILES string of the molecule is Cc1cccc(C(Cc2ccc(Cl)cc2)C(=O)Cl)c1. The molecule has 1 atom stereocenters. The topological polar surface area (TPSA) is 17.1 Å². The first kappa shape index (κ1) is 14.1. The Labute approximate surface area is 123 Å². The third-order valence-electron chi connectivity index (χ3n) is 3.07. The first-order chi connectivity index (χ1) is 9.06. The molecule has 0 saturated carbocycles. The van der Waals surface area contributed by atoms with E-state index in [1.165, 1.54) is 0 Å². The second-order valence-electron chi connectivity index (χ2n) is 4.60. The van der Waals surface area contributed by atoms with Crippen molar-refractivity contribution in [3.05, 3.63) is 70.2 Å². The lowest BCUT2D eigenvalue weighted by molar-refractivity contribution is -0.113. The second kappa shape index (κ2) is 6.23. The molecule has 0 bridgehead atoms. The Hall–Kier alpha value is -1.31. The van der Waals surface area contributed by atoms with Gasteiger partial charge in [-0.1, -0.05) is 53.6 Å². The van der Waals surface area contributed by atoms with Gasteiger partial charge in [-0.05, 0) is 48.2 Å². The van der Waals surface area contributed by atoms with Crippen LogP contribution in [0.5, 0.6) is 0 Å². The van der Waals surface area contributed by atoms with Crippen LogP contribution in [0.1, 0.15) is 22.6 Å². The molecular formula is C16H14Cl2O. The largest absolute Gasteiger partial charge is 0.281 e. The summed E-state index contributed by atoms with van der Waals surface area (Å²) in [6, 6.07) is 15.4. The van der Waals surface area contributed by atoms with E-state index < -0.39 is 0 Å². The van der Waals surface area contributed by atoms with Crippen LogP contribution >= 0.6 is 23.2 Å². The van der Waals surface area contributed by atoms with Gasteiger partial charge in [0.05, 0.1) is 5.92 Å². The van der Waals surface area contributed by atoms with Gasteiger partial charge in [0.15, 0.2) is 0 Å². The molecule has 0 radical (unpaired) electrons. The average Bonchev–Trinajstić information content (AvgIpc) is 2.37. The lowest BCUT2D eigenvalue weighted by atomic mass is 9.92. The highest BCUT2D eigenvalue weighted by Crippen LogP contribution is 2.25. The molecule has 0 fully saturated rings. The molecule has 0 N–H and O–H groups in total. The predicted octanol–water partition coefficient (Wildman–Crippen LogP) is 4.74. The molecule has 2 aromatic rings. The Bertz CT molecular complexity index is 576. The van der Waals surface area contributed by atoms with Crippen LogP contribution < -0.4 is 0 Å². The molecule has 0 saturated heterocycles. The second-order valence-corrected chi connectivity index (χ2v) is 5.41. The molecule has 2 aromatic carbocycles. The van der Waals surface area contributed by atoms with E-state index in [4.69, 9.17) is 23.2 Å². The van der Waals surface area contributed by atoms with Crippen LogP contribution in [0.15, 0.2) is 48.5 Å². The molecule has 3 heteroatoms.